The van der Waals surface area contributed by atoms with Crippen LogP contribution in [0.4, 0.5) is 5.69 Å². The lowest BCUT2D eigenvalue weighted by Gasteiger charge is -2.30. The van der Waals surface area contributed by atoms with Crippen molar-refractivity contribution in [2.75, 3.05) is 16.4 Å². The van der Waals surface area contributed by atoms with Gasteiger partial charge in [-0.2, -0.15) is 0 Å². The Bertz CT molecular complexity index is 1030. The second-order valence-corrected chi connectivity index (χ2v) is 11.4. The minimum Gasteiger partial charge on any atom is -0.350 e. The molecule has 0 aliphatic carbocycles. The average Bonchev–Trinajstić information content (AvgIpc) is 3.34. The van der Waals surface area contributed by atoms with E-state index >= 15 is 0 Å². The van der Waals surface area contributed by atoms with Crippen LogP contribution in [-0.4, -0.2) is 37.3 Å². The topological polar surface area (TPSA) is 83.6 Å². The SMILES string of the molecule is Cc1ccc(N2C(=O)C[C@H](C(=O)N[C@@]3(C)CCS(=O)(=O)C3)[C@@H]2c2cccs2)cc1. The Labute approximate surface area is 174 Å². The van der Waals surface area contributed by atoms with Crippen LogP contribution >= 0.6 is 11.3 Å². The summed E-state index contributed by atoms with van der Waals surface area (Å²) in [5.41, 5.74) is 1.08. The summed E-state index contributed by atoms with van der Waals surface area (Å²) in [6.45, 7) is 3.75. The van der Waals surface area contributed by atoms with Crippen molar-refractivity contribution < 1.29 is 18.0 Å². The van der Waals surface area contributed by atoms with E-state index in [1.54, 1.807) is 11.8 Å². The number of carbonyl (C=O) groups excluding carboxylic acids is 2. The van der Waals surface area contributed by atoms with Gasteiger partial charge in [0.05, 0.1) is 29.0 Å². The van der Waals surface area contributed by atoms with Crippen LogP contribution < -0.4 is 10.2 Å². The fourth-order valence-electron chi connectivity index (χ4n) is 4.26. The lowest BCUT2D eigenvalue weighted by atomic mass is 9.94. The molecule has 1 aromatic heterocycles. The van der Waals surface area contributed by atoms with Crippen molar-refractivity contribution >= 4 is 38.7 Å². The number of nitrogens with zero attached hydrogens (tertiary/aromatic N) is 1. The van der Waals surface area contributed by atoms with Gasteiger partial charge in [-0.05, 0) is 43.8 Å². The Hall–Kier alpha value is -2.19. The van der Waals surface area contributed by atoms with Gasteiger partial charge in [0, 0.05) is 17.0 Å². The molecule has 0 unspecified atom stereocenters. The number of carbonyl (C=O) groups is 2. The number of hydrogen-bond acceptors (Lipinski definition) is 5. The average molecular weight is 433 g/mol. The zero-order valence-electron chi connectivity index (χ0n) is 16.4. The molecule has 2 aliphatic heterocycles. The smallest absolute Gasteiger partial charge is 0.228 e. The normalized spacial score (nSPS) is 28.6. The molecule has 154 valence electrons. The molecular weight excluding hydrogens is 408 g/mol. The van der Waals surface area contributed by atoms with Gasteiger partial charge in [0.25, 0.3) is 0 Å². The van der Waals surface area contributed by atoms with E-state index in [4.69, 9.17) is 0 Å². The number of sulfone groups is 1. The molecule has 0 saturated carbocycles. The molecular formula is C21H24N2O4S2. The highest BCUT2D eigenvalue weighted by Crippen LogP contribution is 2.43. The molecule has 8 heteroatoms. The summed E-state index contributed by atoms with van der Waals surface area (Å²) >= 11 is 1.52. The number of amides is 2. The standard InChI is InChI=1S/C21H24N2O4S2/c1-14-5-7-15(8-6-14)23-18(24)12-16(19(23)17-4-3-10-28-17)20(25)22-21(2)9-11-29(26,27)13-21/h3-8,10,16,19H,9,11-13H2,1-2H3,(H,22,25)/t16-,19+,21-/m0/s1. The van der Waals surface area contributed by atoms with Crippen LogP contribution in [0.25, 0.3) is 0 Å². The van der Waals surface area contributed by atoms with Crippen LogP contribution in [0.1, 0.15) is 36.2 Å². The first kappa shape index (κ1) is 20.1. The zero-order valence-corrected chi connectivity index (χ0v) is 18.1. The Morgan fingerprint density at radius 3 is 2.55 bits per heavy atom. The summed E-state index contributed by atoms with van der Waals surface area (Å²) < 4.78 is 23.8. The zero-order chi connectivity index (χ0) is 20.8. The van der Waals surface area contributed by atoms with E-state index in [0.717, 1.165) is 16.1 Å². The van der Waals surface area contributed by atoms with E-state index < -0.39 is 27.3 Å². The molecule has 0 bridgehead atoms. The van der Waals surface area contributed by atoms with Crippen molar-refractivity contribution in [3.8, 4) is 0 Å². The summed E-state index contributed by atoms with van der Waals surface area (Å²) in [7, 11) is -3.14. The largest absolute Gasteiger partial charge is 0.350 e. The predicted molar refractivity (Wildman–Crippen MR) is 114 cm³/mol. The van der Waals surface area contributed by atoms with Crippen LogP contribution in [-0.2, 0) is 19.4 Å². The highest BCUT2D eigenvalue weighted by molar-refractivity contribution is 7.91. The second kappa shape index (κ2) is 7.25. The van der Waals surface area contributed by atoms with E-state index in [1.807, 2.05) is 48.7 Å². The van der Waals surface area contributed by atoms with Crippen LogP contribution in [0, 0.1) is 12.8 Å². The Morgan fingerprint density at radius 2 is 1.97 bits per heavy atom. The van der Waals surface area contributed by atoms with Gasteiger partial charge < -0.3 is 10.2 Å². The first-order valence-corrected chi connectivity index (χ1v) is 12.3. The highest BCUT2D eigenvalue weighted by atomic mass is 32.2. The molecule has 4 rings (SSSR count). The molecule has 3 heterocycles. The van der Waals surface area contributed by atoms with Gasteiger partial charge in [0.2, 0.25) is 11.8 Å². The summed E-state index contributed by atoms with van der Waals surface area (Å²) in [5.74, 6) is -0.903. The molecule has 2 aromatic rings. The molecule has 1 aromatic carbocycles. The summed E-state index contributed by atoms with van der Waals surface area (Å²) in [5, 5.41) is 4.89. The van der Waals surface area contributed by atoms with Crippen molar-refractivity contribution in [3.05, 3.63) is 52.2 Å². The number of benzene rings is 1. The predicted octanol–water partition coefficient (Wildman–Crippen LogP) is 2.84. The maximum Gasteiger partial charge on any atom is 0.228 e. The highest BCUT2D eigenvalue weighted by Gasteiger charge is 2.48. The second-order valence-electron chi connectivity index (χ2n) is 8.26. The number of rotatable bonds is 4. The molecule has 1 N–H and O–H groups in total. The van der Waals surface area contributed by atoms with E-state index in [-0.39, 0.29) is 29.7 Å². The lowest BCUT2D eigenvalue weighted by molar-refractivity contribution is -0.128. The molecule has 2 saturated heterocycles. The number of hydrogen-bond donors (Lipinski definition) is 1. The van der Waals surface area contributed by atoms with Crippen molar-refractivity contribution in [2.24, 2.45) is 5.92 Å². The van der Waals surface area contributed by atoms with E-state index in [9.17, 15) is 18.0 Å². The fraction of sp³-hybridized carbons (Fsp3) is 0.429. The van der Waals surface area contributed by atoms with Crippen LogP contribution in [0.5, 0.6) is 0 Å². The van der Waals surface area contributed by atoms with Gasteiger partial charge in [-0.1, -0.05) is 23.8 Å². The molecule has 0 radical (unpaired) electrons. The van der Waals surface area contributed by atoms with Gasteiger partial charge in [-0.15, -0.1) is 11.3 Å². The molecule has 29 heavy (non-hydrogen) atoms. The maximum atomic E-state index is 13.2. The third-order valence-electron chi connectivity index (χ3n) is 5.73. The maximum absolute atomic E-state index is 13.2. The molecule has 2 amide bonds. The quantitative estimate of drug-likeness (QED) is 0.805. The summed E-state index contributed by atoms with van der Waals surface area (Å²) in [6.07, 6.45) is 0.498. The molecule has 2 fully saturated rings. The molecule has 0 spiro atoms. The fourth-order valence-corrected chi connectivity index (χ4v) is 7.24. The Balaban J connectivity index is 1.65. The van der Waals surface area contributed by atoms with Gasteiger partial charge in [-0.25, -0.2) is 8.42 Å². The van der Waals surface area contributed by atoms with E-state index in [1.165, 1.54) is 11.3 Å². The van der Waals surface area contributed by atoms with Crippen LogP contribution in [0.2, 0.25) is 0 Å². The van der Waals surface area contributed by atoms with Crippen molar-refractivity contribution in [2.45, 2.75) is 38.3 Å². The number of aryl methyl sites for hydroxylation is 1. The lowest BCUT2D eigenvalue weighted by Crippen LogP contribution is -2.50. The van der Waals surface area contributed by atoms with Crippen LogP contribution in [0.15, 0.2) is 41.8 Å². The summed E-state index contributed by atoms with van der Waals surface area (Å²) in [4.78, 5) is 28.8. The monoisotopic (exact) mass is 432 g/mol. The minimum absolute atomic E-state index is 0.0578. The van der Waals surface area contributed by atoms with E-state index in [2.05, 4.69) is 5.32 Å². The number of nitrogens with one attached hydrogen (secondary N) is 1. The van der Waals surface area contributed by atoms with Crippen LogP contribution in [0.3, 0.4) is 0 Å². The molecule has 2 aliphatic rings. The Morgan fingerprint density at radius 1 is 1.24 bits per heavy atom. The van der Waals surface area contributed by atoms with Gasteiger partial charge in [-0.3, -0.25) is 9.59 Å². The number of anilines is 1. The van der Waals surface area contributed by atoms with Gasteiger partial charge in [0.15, 0.2) is 9.84 Å². The third-order valence-corrected chi connectivity index (χ3v) is 8.58. The van der Waals surface area contributed by atoms with Gasteiger partial charge in [0.1, 0.15) is 0 Å². The molecule has 3 atom stereocenters. The van der Waals surface area contributed by atoms with Crippen molar-refractivity contribution in [3.63, 3.8) is 0 Å². The summed E-state index contributed by atoms with van der Waals surface area (Å²) in [6, 6.07) is 11.2. The van der Waals surface area contributed by atoms with Crippen molar-refractivity contribution in [1.82, 2.24) is 5.32 Å². The number of thiophene rings is 1. The van der Waals surface area contributed by atoms with E-state index in [0.29, 0.717) is 6.42 Å². The first-order chi connectivity index (χ1) is 13.7. The Kier molecular flexibility index (Phi) is 5.02. The third kappa shape index (κ3) is 3.96. The first-order valence-electron chi connectivity index (χ1n) is 9.62. The molecule has 6 nitrogen and oxygen atoms in total. The van der Waals surface area contributed by atoms with Crippen molar-refractivity contribution in [1.29, 1.82) is 0 Å². The van der Waals surface area contributed by atoms with Gasteiger partial charge >= 0.3 is 0 Å². The minimum atomic E-state index is -3.14.